The molecule has 0 aromatic heterocycles. The van der Waals surface area contributed by atoms with E-state index in [1.54, 1.807) is 97.4 Å². The van der Waals surface area contributed by atoms with Gasteiger partial charge in [0.05, 0.1) is 25.2 Å². The number of primary amides is 1. The molecule has 9 atom stereocenters. The second-order valence-corrected chi connectivity index (χ2v) is 23.4. The number of carbonyl (C=O) groups is 11. The minimum Gasteiger partial charge on any atom is -0.508 e. The van der Waals surface area contributed by atoms with Crippen LogP contribution >= 0.6 is 23.5 Å². The molecular formula is C62H85N13O13S2. The maximum absolute atomic E-state index is 15.3. The van der Waals surface area contributed by atoms with E-state index in [-0.39, 0.29) is 80.9 Å². The summed E-state index contributed by atoms with van der Waals surface area (Å²) in [6, 6.07) is 17.3. The number of benzene rings is 4. The Kier molecular flexibility index (Phi) is 31.8. The second kappa shape index (κ2) is 38.8. The highest BCUT2D eigenvalue weighted by atomic mass is 32.2. The minimum absolute atomic E-state index is 0.0341. The zero-order valence-electron chi connectivity index (χ0n) is 50.9. The van der Waals surface area contributed by atoms with Crippen LogP contribution in [0.2, 0.25) is 0 Å². The molecule has 18 N–H and O–H groups in total. The van der Waals surface area contributed by atoms with Crippen LogP contribution in [0.4, 0.5) is 0 Å². The average molecular weight is 1280 g/mol. The van der Waals surface area contributed by atoms with Crippen molar-refractivity contribution < 1.29 is 63.0 Å². The fraction of sp³-hybridized carbons (Fsp3) is 0.435. The molecule has 90 heavy (non-hydrogen) atoms. The van der Waals surface area contributed by atoms with E-state index in [1.807, 2.05) is 0 Å². The van der Waals surface area contributed by atoms with Crippen molar-refractivity contribution in [1.29, 1.82) is 0 Å². The van der Waals surface area contributed by atoms with E-state index >= 15 is 9.59 Å². The Bertz CT molecular complexity index is 2840. The molecule has 0 spiro atoms. The SMILES string of the molecule is CSCC[C@H](NC(=O)[C@H](Cc1ccccc1)NC(=O)CNC(=O)[C@@H](C)NC(=O)[C@@H](N)Cc1ccc(O)cc1)C(=O)N(C(=O)[C@H](CCSC)NC(=O)[C@H](Cc1ccccc1)NC(=O)CNC(=O)[C@@H](C)NC(=O)[C@@H](N)Cc1ccc(O)cc1)[C@@H](CCCCN)C(N)=O. The van der Waals surface area contributed by atoms with Gasteiger partial charge >= 0.3 is 0 Å². The lowest BCUT2D eigenvalue weighted by atomic mass is 10.0. The third kappa shape index (κ3) is 25.5. The van der Waals surface area contributed by atoms with Crippen LogP contribution in [0.25, 0.3) is 0 Å². The summed E-state index contributed by atoms with van der Waals surface area (Å²) < 4.78 is 0. The van der Waals surface area contributed by atoms with Crippen molar-refractivity contribution in [3.63, 3.8) is 0 Å². The van der Waals surface area contributed by atoms with Gasteiger partial charge in [-0.05, 0) is 136 Å². The fourth-order valence-corrected chi connectivity index (χ4v) is 10.1. The van der Waals surface area contributed by atoms with Gasteiger partial charge in [-0.1, -0.05) is 84.9 Å². The lowest BCUT2D eigenvalue weighted by Gasteiger charge is -2.35. The van der Waals surface area contributed by atoms with E-state index in [2.05, 4.69) is 42.5 Å². The van der Waals surface area contributed by atoms with E-state index < -0.39 is 132 Å². The van der Waals surface area contributed by atoms with Crippen LogP contribution in [0.15, 0.2) is 109 Å². The summed E-state index contributed by atoms with van der Waals surface area (Å²) in [7, 11) is 0. The van der Waals surface area contributed by atoms with Gasteiger partial charge in [-0.3, -0.25) is 57.6 Å². The molecule has 0 heterocycles. The largest absolute Gasteiger partial charge is 0.508 e. The van der Waals surface area contributed by atoms with Crippen molar-refractivity contribution in [2.75, 3.05) is 43.7 Å². The van der Waals surface area contributed by atoms with Crippen molar-refractivity contribution >= 4 is 88.5 Å². The summed E-state index contributed by atoms with van der Waals surface area (Å²) in [5.41, 5.74) is 26.5. The van der Waals surface area contributed by atoms with Crippen LogP contribution in [-0.2, 0) is 78.4 Å². The molecule has 0 saturated heterocycles. The number of rotatable bonds is 38. The summed E-state index contributed by atoms with van der Waals surface area (Å²) in [5.74, 6) is -8.96. The molecule has 0 aliphatic rings. The van der Waals surface area contributed by atoms with Crippen molar-refractivity contribution in [2.45, 2.75) is 126 Å². The highest BCUT2D eigenvalue weighted by Crippen LogP contribution is 2.19. The van der Waals surface area contributed by atoms with Gasteiger partial charge in [-0.2, -0.15) is 23.5 Å². The molecule has 0 aliphatic carbocycles. The number of imide groups is 1. The molecule has 488 valence electrons. The maximum atomic E-state index is 15.3. The predicted molar refractivity (Wildman–Crippen MR) is 343 cm³/mol. The number of hydrogen-bond donors (Lipinski definition) is 14. The topological polar surface area (TPSA) is 432 Å². The van der Waals surface area contributed by atoms with E-state index in [0.29, 0.717) is 33.6 Å². The first-order valence-corrected chi connectivity index (χ1v) is 32.1. The van der Waals surface area contributed by atoms with E-state index in [9.17, 15) is 53.4 Å². The third-order valence-corrected chi connectivity index (χ3v) is 15.5. The summed E-state index contributed by atoms with van der Waals surface area (Å²) in [6.07, 6.45) is 3.62. The van der Waals surface area contributed by atoms with Gasteiger partial charge in [0.1, 0.15) is 53.8 Å². The molecule has 0 saturated carbocycles. The monoisotopic (exact) mass is 1280 g/mol. The number of unbranched alkanes of at least 4 members (excludes halogenated alkanes) is 1. The number of phenols is 2. The number of hydrogen-bond acceptors (Lipinski definition) is 18. The number of amides is 11. The quantitative estimate of drug-likeness (QED) is 0.0241. The number of nitrogens with two attached hydrogens (primary N) is 4. The lowest BCUT2D eigenvalue weighted by molar-refractivity contribution is -0.155. The first-order valence-electron chi connectivity index (χ1n) is 29.3. The number of phenolic OH excluding ortho intramolecular Hbond substituents is 2. The number of thioether (sulfide) groups is 2. The zero-order valence-corrected chi connectivity index (χ0v) is 52.6. The first kappa shape index (κ1) is 73.9. The Balaban J connectivity index is 1.58. The van der Waals surface area contributed by atoms with Gasteiger partial charge < -0.3 is 75.7 Å². The minimum atomic E-state index is -1.63. The molecule has 26 nitrogen and oxygen atoms in total. The lowest BCUT2D eigenvalue weighted by Crippen LogP contribution is -2.63. The first-order chi connectivity index (χ1) is 42.9. The Morgan fingerprint density at radius 3 is 1.17 bits per heavy atom. The Morgan fingerprint density at radius 1 is 0.456 bits per heavy atom. The summed E-state index contributed by atoms with van der Waals surface area (Å²) >= 11 is 2.60. The van der Waals surface area contributed by atoms with Gasteiger partial charge in [0, 0.05) is 12.8 Å². The summed E-state index contributed by atoms with van der Waals surface area (Å²) in [6.45, 7) is 1.63. The van der Waals surface area contributed by atoms with Gasteiger partial charge in [0.25, 0.3) is 11.8 Å². The molecule has 0 radical (unpaired) electrons. The molecule has 4 rings (SSSR count). The van der Waals surface area contributed by atoms with Gasteiger partial charge in [0.15, 0.2) is 0 Å². The maximum Gasteiger partial charge on any atom is 0.252 e. The molecule has 0 aliphatic heterocycles. The van der Waals surface area contributed by atoms with E-state index in [1.165, 1.54) is 61.6 Å². The van der Waals surface area contributed by atoms with Gasteiger partial charge in [0.2, 0.25) is 53.2 Å². The predicted octanol–water partition coefficient (Wildman–Crippen LogP) is -0.952. The van der Waals surface area contributed by atoms with Gasteiger partial charge in [-0.15, -0.1) is 0 Å². The molecule has 0 fully saturated rings. The van der Waals surface area contributed by atoms with Crippen molar-refractivity contribution in [2.24, 2.45) is 22.9 Å². The Labute approximate surface area is 532 Å². The van der Waals surface area contributed by atoms with Crippen molar-refractivity contribution in [1.82, 2.24) is 47.4 Å². The zero-order chi connectivity index (χ0) is 66.3. The second-order valence-electron chi connectivity index (χ2n) is 21.4. The van der Waals surface area contributed by atoms with Crippen LogP contribution in [0.3, 0.4) is 0 Å². The standard InChI is InChI=1S/C62H85N13O13S2/c1-37(69-57(83)45(64)31-41-18-22-43(76)23-19-41)55(81)67-35-52(78)71-49(33-39-13-7-5-8-14-39)59(85)73-47(26-29-89-3)61(87)75(51(54(66)80)17-11-12-28-63)62(88)48(27-30-90-4)74-60(86)50(34-40-15-9-6-10-16-40)72-53(79)36-68-56(82)38(2)70-58(84)46(65)32-42-20-24-44(77)25-21-42/h5-10,13-16,18-25,37-38,45-51,76-77H,11-12,17,26-36,63-65H2,1-4H3,(H2,66,80)(H,67,81)(H,68,82)(H,69,83)(H,70,84)(H,71,78)(H,72,79)(H,73,85)(H,74,86)/t37-,38-,45+,46+,47+,48+,49+,50+,51+/m1/s1. The Hall–Kier alpha value is -8.57. The average Bonchev–Trinajstić information content (AvgIpc) is 1.44. The third-order valence-electron chi connectivity index (χ3n) is 14.2. The molecule has 28 heteroatoms. The Morgan fingerprint density at radius 2 is 0.822 bits per heavy atom. The fourth-order valence-electron chi connectivity index (χ4n) is 9.14. The van der Waals surface area contributed by atoms with Crippen molar-refractivity contribution in [3.05, 3.63) is 131 Å². The van der Waals surface area contributed by atoms with Crippen LogP contribution in [0.1, 0.15) is 68.2 Å². The number of nitrogens with zero attached hydrogens (tertiary/aromatic N) is 1. The van der Waals surface area contributed by atoms with Crippen LogP contribution in [-0.4, -0.2) is 178 Å². The number of nitrogens with one attached hydrogen (secondary N) is 8. The van der Waals surface area contributed by atoms with Crippen LogP contribution < -0.4 is 65.5 Å². The van der Waals surface area contributed by atoms with E-state index in [0.717, 1.165) is 0 Å². The van der Waals surface area contributed by atoms with E-state index in [4.69, 9.17) is 22.9 Å². The summed E-state index contributed by atoms with van der Waals surface area (Å²) in [5, 5.41) is 39.7. The molecule has 4 aromatic carbocycles. The van der Waals surface area contributed by atoms with Crippen LogP contribution in [0.5, 0.6) is 11.5 Å². The normalized spacial score (nSPS) is 14.0. The number of carbonyl (C=O) groups excluding carboxylic acids is 11. The number of aromatic hydroxyl groups is 2. The molecule has 11 amide bonds. The molecule has 4 aromatic rings. The highest BCUT2D eigenvalue weighted by molar-refractivity contribution is 7.98. The van der Waals surface area contributed by atoms with Gasteiger partial charge in [-0.25, -0.2) is 0 Å². The molecular weight excluding hydrogens is 1200 g/mol. The smallest absolute Gasteiger partial charge is 0.252 e. The van der Waals surface area contributed by atoms with Crippen molar-refractivity contribution in [3.8, 4) is 11.5 Å². The molecule has 0 bridgehead atoms. The van der Waals surface area contributed by atoms with Crippen LogP contribution in [0, 0.1) is 0 Å². The highest BCUT2D eigenvalue weighted by Gasteiger charge is 2.42. The summed E-state index contributed by atoms with van der Waals surface area (Å²) in [4.78, 5) is 154. The molecule has 0 unspecified atom stereocenters.